The van der Waals surface area contributed by atoms with Crippen LogP contribution in [0.4, 0.5) is 5.82 Å². The fourth-order valence-electron chi connectivity index (χ4n) is 3.82. The molecule has 2 aromatic carbocycles. The standard InChI is InChI=1S/C26H27BrN6O3S/c1-26(2,3)16-8-6-15(7-9-16)22-29-30-24(33(22)18-12-10-17(27)11-13-18)37-14-19(34)20-21(28)31(4)25(36)32(5)23(20)35/h6-13H,14,28H2,1-5H3. The number of halogens is 1. The Morgan fingerprint density at radius 3 is 2.19 bits per heavy atom. The number of rotatable bonds is 6. The molecule has 0 saturated heterocycles. The second-order valence-electron chi connectivity index (χ2n) is 9.62. The molecule has 0 aliphatic carbocycles. The average molecular weight is 584 g/mol. The van der Waals surface area contributed by atoms with Crippen molar-refractivity contribution in [1.82, 2.24) is 23.9 Å². The highest BCUT2D eigenvalue weighted by Gasteiger charge is 2.23. The van der Waals surface area contributed by atoms with Crippen molar-refractivity contribution in [2.45, 2.75) is 31.3 Å². The Kier molecular flexibility index (Phi) is 7.29. The summed E-state index contributed by atoms with van der Waals surface area (Å²) in [5.74, 6) is -0.155. The summed E-state index contributed by atoms with van der Waals surface area (Å²) < 4.78 is 4.75. The van der Waals surface area contributed by atoms with Gasteiger partial charge in [0.25, 0.3) is 5.56 Å². The molecule has 0 amide bonds. The molecular weight excluding hydrogens is 556 g/mol. The van der Waals surface area contributed by atoms with Gasteiger partial charge in [-0.15, -0.1) is 10.2 Å². The van der Waals surface area contributed by atoms with Crippen molar-refractivity contribution in [2.24, 2.45) is 14.1 Å². The molecule has 0 unspecified atom stereocenters. The van der Waals surface area contributed by atoms with Crippen molar-refractivity contribution in [3.63, 3.8) is 0 Å². The molecule has 2 N–H and O–H groups in total. The van der Waals surface area contributed by atoms with Crippen LogP contribution in [-0.2, 0) is 19.5 Å². The SMILES string of the molecule is Cn1c(N)c(C(=O)CSc2nnc(-c3ccc(C(C)(C)C)cc3)n2-c2ccc(Br)cc2)c(=O)n(C)c1=O. The highest BCUT2D eigenvalue weighted by Crippen LogP contribution is 2.31. The lowest BCUT2D eigenvalue weighted by atomic mass is 9.87. The van der Waals surface area contributed by atoms with Gasteiger partial charge in [-0.1, -0.05) is 72.7 Å². The molecule has 11 heteroatoms. The van der Waals surface area contributed by atoms with E-state index in [-0.39, 0.29) is 22.5 Å². The van der Waals surface area contributed by atoms with E-state index < -0.39 is 17.0 Å². The van der Waals surface area contributed by atoms with E-state index in [1.54, 1.807) is 0 Å². The molecule has 0 atom stereocenters. The third-order valence-electron chi connectivity index (χ3n) is 6.05. The van der Waals surface area contributed by atoms with E-state index in [4.69, 9.17) is 5.73 Å². The van der Waals surface area contributed by atoms with Crippen molar-refractivity contribution in [3.8, 4) is 17.1 Å². The second-order valence-corrected chi connectivity index (χ2v) is 11.5. The number of ketones is 1. The molecule has 2 aromatic heterocycles. The molecule has 2 heterocycles. The van der Waals surface area contributed by atoms with Gasteiger partial charge >= 0.3 is 5.69 Å². The summed E-state index contributed by atoms with van der Waals surface area (Å²) >= 11 is 4.61. The van der Waals surface area contributed by atoms with Crippen LogP contribution in [0, 0.1) is 0 Å². The smallest absolute Gasteiger partial charge is 0.332 e. The summed E-state index contributed by atoms with van der Waals surface area (Å²) in [4.78, 5) is 37.8. The van der Waals surface area contributed by atoms with E-state index in [0.717, 1.165) is 36.6 Å². The minimum absolute atomic E-state index is 0.0130. The lowest BCUT2D eigenvalue weighted by Gasteiger charge is -2.19. The van der Waals surface area contributed by atoms with Gasteiger partial charge in [-0.2, -0.15) is 0 Å². The molecule has 4 rings (SSSR count). The van der Waals surface area contributed by atoms with Crippen LogP contribution in [0.3, 0.4) is 0 Å². The molecular formula is C26H27BrN6O3S. The highest BCUT2D eigenvalue weighted by molar-refractivity contribution is 9.10. The molecule has 0 radical (unpaired) electrons. The molecule has 0 bridgehead atoms. The van der Waals surface area contributed by atoms with Crippen LogP contribution in [0.25, 0.3) is 17.1 Å². The maximum absolute atomic E-state index is 13.1. The molecule has 0 aliphatic rings. The third kappa shape index (κ3) is 5.19. The van der Waals surface area contributed by atoms with Crippen LogP contribution in [0.5, 0.6) is 0 Å². The minimum Gasteiger partial charge on any atom is -0.384 e. The number of carbonyl (C=O) groups is 1. The molecule has 0 fully saturated rings. The first kappa shape index (κ1) is 26.6. The Balaban J connectivity index is 1.73. The van der Waals surface area contributed by atoms with Crippen molar-refractivity contribution >= 4 is 39.3 Å². The van der Waals surface area contributed by atoms with Gasteiger partial charge in [0, 0.05) is 29.8 Å². The number of benzene rings is 2. The zero-order chi connectivity index (χ0) is 27.1. The van der Waals surface area contributed by atoms with Gasteiger partial charge in [0.15, 0.2) is 16.8 Å². The largest absolute Gasteiger partial charge is 0.384 e. The number of nitrogen functional groups attached to an aromatic ring is 1. The van der Waals surface area contributed by atoms with Crippen molar-refractivity contribution in [2.75, 3.05) is 11.5 Å². The summed E-state index contributed by atoms with van der Waals surface area (Å²) in [6, 6.07) is 15.8. The van der Waals surface area contributed by atoms with Crippen LogP contribution in [-0.4, -0.2) is 35.4 Å². The first-order valence-corrected chi connectivity index (χ1v) is 13.2. The van der Waals surface area contributed by atoms with Gasteiger partial charge in [0.05, 0.1) is 5.75 Å². The van der Waals surface area contributed by atoms with Gasteiger partial charge in [0.1, 0.15) is 11.4 Å². The maximum Gasteiger partial charge on any atom is 0.332 e. The number of nitrogens with two attached hydrogens (primary N) is 1. The van der Waals surface area contributed by atoms with Crippen LogP contribution in [0.15, 0.2) is 67.7 Å². The molecule has 37 heavy (non-hydrogen) atoms. The number of anilines is 1. The van der Waals surface area contributed by atoms with Crippen molar-refractivity contribution in [1.29, 1.82) is 0 Å². The third-order valence-corrected chi connectivity index (χ3v) is 7.51. The quantitative estimate of drug-likeness (QED) is 0.270. The lowest BCUT2D eigenvalue weighted by molar-refractivity contribution is 0.102. The first-order valence-electron chi connectivity index (χ1n) is 11.4. The number of thioether (sulfide) groups is 1. The van der Waals surface area contributed by atoms with E-state index in [2.05, 4.69) is 59.0 Å². The molecule has 0 saturated carbocycles. The van der Waals surface area contributed by atoms with Gasteiger partial charge in [-0.25, -0.2) is 4.79 Å². The summed E-state index contributed by atoms with van der Waals surface area (Å²) in [6.07, 6.45) is 0. The number of Topliss-reactive ketones (excluding diaryl/α,β-unsaturated/α-hetero) is 1. The summed E-state index contributed by atoms with van der Waals surface area (Å²) in [5.41, 5.74) is 7.33. The zero-order valence-electron chi connectivity index (χ0n) is 21.2. The molecule has 0 spiro atoms. The molecule has 0 aliphatic heterocycles. The predicted molar refractivity (Wildman–Crippen MR) is 150 cm³/mol. The fourth-order valence-corrected chi connectivity index (χ4v) is 4.91. The Labute approximate surface area is 226 Å². The van der Waals surface area contributed by atoms with Gasteiger partial charge in [-0.3, -0.25) is 23.3 Å². The van der Waals surface area contributed by atoms with Crippen LogP contribution in [0.2, 0.25) is 0 Å². The Morgan fingerprint density at radius 2 is 1.59 bits per heavy atom. The first-order chi connectivity index (χ1) is 17.4. The van der Waals surface area contributed by atoms with Gasteiger partial charge < -0.3 is 5.73 Å². The van der Waals surface area contributed by atoms with Crippen LogP contribution in [0.1, 0.15) is 36.7 Å². The fraction of sp³-hybridized carbons (Fsp3) is 0.269. The van der Waals surface area contributed by atoms with E-state index >= 15 is 0 Å². The zero-order valence-corrected chi connectivity index (χ0v) is 23.6. The van der Waals surface area contributed by atoms with E-state index in [1.807, 2.05) is 41.0 Å². The van der Waals surface area contributed by atoms with E-state index in [9.17, 15) is 14.4 Å². The topological polar surface area (TPSA) is 118 Å². The van der Waals surface area contributed by atoms with Crippen molar-refractivity contribution in [3.05, 3.63) is 85.0 Å². The Bertz CT molecular complexity index is 1600. The van der Waals surface area contributed by atoms with Gasteiger partial charge in [-0.05, 0) is 35.2 Å². The number of hydrogen-bond donors (Lipinski definition) is 1. The lowest BCUT2D eigenvalue weighted by Crippen LogP contribution is -2.41. The Morgan fingerprint density at radius 1 is 0.973 bits per heavy atom. The number of hydrogen-bond acceptors (Lipinski definition) is 7. The maximum atomic E-state index is 13.1. The monoisotopic (exact) mass is 582 g/mol. The van der Waals surface area contributed by atoms with Crippen LogP contribution < -0.4 is 17.0 Å². The van der Waals surface area contributed by atoms with Crippen molar-refractivity contribution < 1.29 is 4.79 Å². The van der Waals surface area contributed by atoms with Crippen LogP contribution >= 0.6 is 27.7 Å². The molecule has 9 nitrogen and oxygen atoms in total. The van der Waals surface area contributed by atoms with E-state index in [1.165, 1.54) is 19.7 Å². The second kappa shape index (κ2) is 10.1. The minimum atomic E-state index is -0.722. The number of carbonyl (C=O) groups excluding carboxylic acids is 1. The predicted octanol–water partition coefficient (Wildman–Crippen LogP) is 3.95. The average Bonchev–Trinajstić information content (AvgIpc) is 3.29. The summed E-state index contributed by atoms with van der Waals surface area (Å²) in [7, 11) is 2.73. The Hall–Kier alpha value is -3.44. The summed E-state index contributed by atoms with van der Waals surface area (Å²) in [5, 5.41) is 9.28. The summed E-state index contributed by atoms with van der Waals surface area (Å²) in [6.45, 7) is 6.47. The molecule has 192 valence electrons. The van der Waals surface area contributed by atoms with Gasteiger partial charge in [0.2, 0.25) is 0 Å². The van der Waals surface area contributed by atoms with E-state index in [0.29, 0.717) is 11.0 Å². The number of aromatic nitrogens is 5. The normalized spacial score (nSPS) is 11.6. The highest BCUT2D eigenvalue weighted by atomic mass is 79.9. The number of nitrogens with zero attached hydrogens (tertiary/aromatic N) is 5. The molecule has 4 aromatic rings.